The first kappa shape index (κ1) is 12.0. The summed E-state index contributed by atoms with van der Waals surface area (Å²) in [5.74, 6) is 2.65. The highest BCUT2D eigenvalue weighted by Crippen LogP contribution is 1.96. The second-order valence-electron chi connectivity index (χ2n) is 3.64. The van der Waals surface area contributed by atoms with Gasteiger partial charge in [0.15, 0.2) is 0 Å². The second-order valence-corrected chi connectivity index (χ2v) is 3.64. The lowest BCUT2D eigenvalue weighted by Gasteiger charge is -2.28. The van der Waals surface area contributed by atoms with E-state index in [1.165, 1.54) is 0 Å². The Bertz CT molecular complexity index is 241. The standard InChI is InChI=1S/C11H19N3O/c1-3-7-14(4-2)11(15)10-13-8-5-12-6-9-13/h1,12H,4-10H2,2H3. The van der Waals surface area contributed by atoms with Crippen molar-refractivity contribution in [3.63, 3.8) is 0 Å². The molecule has 1 heterocycles. The van der Waals surface area contributed by atoms with Crippen molar-refractivity contribution in [3.8, 4) is 12.3 Å². The average Bonchev–Trinajstić information content (AvgIpc) is 2.27. The number of terminal acetylenes is 1. The van der Waals surface area contributed by atoms with Crippen LogP contribution in [0.2, 0.25) is 0 Å². The Morgan fingerprint density at radius 2 is 2.20 bits per heavy atom. The molecule has 1 rings (SSSR count). The number of nitrogens with one attached hydrogen (secondary N) is 1. The van der Waals surface area contributed by atoms with Gasteiger partial charge in [-0.15, -0.1) is 6.42 Å². The van der Waals surface area contributed by atoms with Crippen molar-refractivity contribution in [2.24, 2.45) is 0 Å². The van der Waals surface area contributed by atoms with Crippen LogP contribution in [-0.2, 0) is 4.79 Å². The summed E-state index contributed by atoms with van der Waals surface area (Å²) < 4.78 is 0. The molecule has 0 spiro atoms. The Hall–Kier alpha value is -1.05. The van der Waals surface area contributed by atoms with Gasteiger partial charge in [0.05, 0.1) is 13.1 Å². The quantitative estimate of drug-likeness (QED) is 0.626. The molecule has 1 saturated heterocycles. The van der Waals surface area contributed by atoms with Crippen molar-refractivity contribution >= 4 is 5.91 Å². The highest BCUT2D eigenvalue weighted by Gasteiger charge is 2.16. The lowest BCUT2D eigenvalue weighted by molar-refractivity contribution is -0.131. The van der Waals surface area contributed by atoms with E-state index < -0.39 is 0 Å². The van der Waals surface area contributed by atoms with Crippen LogP contribution in [0, 0.1) is 12.3 Å². The zero-order valence-electron chi connectivity index (χ0n) is 9.33. The predicted molar refractivity (Wildman–Crippen MR) is 60.4 cm³/mol. The van der Waals surface area contributed by atoms with Crippen LogP contribution in [0.1, 0.15) is 6.92 Å². The monoisotopic (exact) mass is 209 g/mol. The van der Waals surface area contributed by atoms with E-state index in [-0.39, 0.29) is 5.91 Å². The third-order valence-electron chi connectivity index (χ3n) is 2.59. The zero-order chi connectivity index (χ0) is 11.1. The molecule has 0 aromatic heterocycles. The summed E-state index contributed by atoms with van der Waals surface area (Å²) in [6.07, 6.45) is 5.21. The molecule has 0 aromatic rings. The van der Waals surface area contributed by atoms with Crippen LogP contribution in [0.4, 0.5) is 0 Å². The molecule has 4 heteroatoms. The molecule has 0 aromatic carbocycles. The smallest absolute Gasteiger partial charge is 0.237 e. The number of hydrogen-bond donors (Lipinski definition) is 1. The molecular formula is C11H19N3O. The summed E-state index contributed by atoms with van der Waals surface area (Å²) in [7, 11) is 0. The number of carbonyl (C=O) groups is 1. The fourth-order valence-electron chi connectivity index (χ4n) is 1.65. The summed E-state index contributed by atoms with van der Waals surface area (Å²) in [5.41, 5.74) is 0. The minimum atomic E-state index is 0.136. The number of rotatable bonds is 4. The molecule has 15 heavy (non-hydrogen) atoms. The molecule has 1 aliphatic heterocycles. The highest BCUT2D eigenvalue weighted by atomic mass is 16.2. The molecule has 1 aliphatic rings. The first-order valence-corrected chi connectivity index (χ1v) is 5.42. The van der Waals surface area contributed by atoms with E-state index in [4.69, 9.17) is 6.42 Å². The largest absolute Gasteiger partial charge is 0.331 e. The summed E-state index contributed by atoms with van der Waals surface area (Å²) in [6.45, 7) is 7.38. The first-order chi connectivity index (χ1) is 7.27. The number of hydrogen-bond acceptors (Lipinski definition) is 3. The molecule has 0 atom stereocenters. The number of piperazine rings is 1. The van der Waals surface area contributed by atoms with Crippen LogP contribution < -0.4 is 5.32 Å². The van der Waals surface area contributed by atoms with Crippen molar-refractivity contribution in [3.05, 3.63) is 0 Å². The minimum absolute atomic E-state index is 0.136. The molecule has 0 unspecified atom stereocenters. The molecule has 0 aliphatic carbocycles. The Labute approximate surface area is 91.6 Å². The fraction of sp³-hybridized carbons (Fsp3) is 0.727. The maximum absolute atomic E-state index is 11.8. The number of nitrogens with zero attached hydrogens (tertiary/aromatic N) is 2. The van der Waals surface area contributed by atoms with Crippen molar-refractivity contribution in [1.82, 2.24) is 15.1 Å². The van der Waals surface area contributed by atoms with E-state index in [0.717, 1.165) is 26.2 Å². The number of carbonyl (C=O) groups excluding carboxylic acids is 1. The van der Waals surface area contributed by atoms with Gasteiger partial charge < -0.3 is 10.2 Å². The summed E-state index contributed by atoms with van der Waals surface area (Å²) in [4.78, 5) is 15.7. The lowest BCUT2D eigenvalue weighted by Crippen LogP contribution is -2.48. The summed E-state index contributed by atoms with van der Waals surface area (Å²) in [5, 5.41) is 3.26. The number of amides is 1. The van der Waals surface area contributed by atoms with E-state index in [0.29, 0.717) is 19.6 Å². The van der Waals surface area contributed by atoms with Gasteiger partial charge in [0.2, 0.25) is 5.91 Å². The Balaban J connectivity index is 2.35. The third kappa shape index (κ3) is 3.90. The third-order valence-corrected chi connectivity index (χ3v) is 2.59. The second kappa shape index (κ2) is 6.44. The van der Waals surface area contributed by atoms with Gasteiger partial charge in [-0.3, -0.25) is 9.69 Å². The molecule has 0 radical (unpaired) electrons. The van der Waals surface area contributed by atoms with Crippen LogP contribution in [0.3, 0.4) is 0 Å². The van der Waals surface area contributed by atoms with Gasteiger partial charge in [0.25, 0.3) is 0 Å². The van der Waals surface area contributed by atoms with Gasteiger partial charge in [-0.2, -0.15) is 0 Å². The van der Waals surface area contributed by atoms with Gasteiger partial charge in [0.1, 0.15) is 0 Å². The Morgan fingerprint density at radius 1 is 1.53 bits per heavy atom. The topological polar surface area (TPSA) is 35.6 Å². The highest BCUT2D eigenvalue weighted by molar-refractivity contribution is 5.78. The molecule has 1 fully saturated rings. The summed E-state index contributed by atoms with van der Waals surface area (Å²) in [6, 6.07) is 0. The van der Waals surface area contributed by atoms with Crippen LogP contribution in [0.25, 0.3) is 0 Å². The van der Waals surface area contributed by atoms with Crippen molar-refractivity contribution in [2.75, 3.05) is 45.8 Å². The van der Waals surface area contributed by atoms with Gasteiger partial charge >= 0.3 is 0 Å². The Morgan fingerprint density at radius 3 is 2.73 bits per heavy atom. The Kier molecular flexibility index (Phi) is 5.16. The van der Waals surface area contributed by atoms with Crippen molar-refractivity contribution < 1.29 is 4.79 Å². The van der Waals surface area contributed by atoms with E-state index in [2.05, 4.69) is 16.1 Å². The van der Waals surface area contributed by atoms with Crippen LogP contribution >= 0.6 is 0 Å². The minimum Gasteiger partial charge on any atom is -0.331 e. The van der Waals surface area contributed by atoms with Crippen molar-refractivity contribution in [1.29, 1.82) is 0 Å². The SMILES string of the molecule is C#CCN(CC)C(=O)CN1CCNCC1. The molecule has 84 valence electrons. The van der Waals surface area contributed by atoms with Crippen LogP contribution in [-0.4, -0.2) is 61.5 Å². The van der Waals surface area contributed by atoms with Crippen molar-refractivity contribution in [2.45, 2.75) is 6.92 Å². The molecule has 1 amide bonds. The average molecular weight is 209 g/mol. The lowest BCUT2D eigenvalue weighted by atomic mass is 10.3. The van der Waals surface area contributed by atoms with Crippen LogP contribution in [0.5, 0.6) is 0 Å². The van der Waals surface area contributed by atoms with E-state index in [1.807, 2.05) is 6.92 Å². The van der Waals surface area contributed by atoms with Crippen LogP contribution in [0.15, 0.2) is 0 Å². The fourth-order valence-corrected chi connectivity index (χ4v) is 1.65. The van der Waals surface area contributed by atoms with E-state index >= 15 is 0 Å². The van der Waals surface area contributed by atoms with Gasteiger partial charge in [-0.1, -0.05) is 5.92 Å². The number of likely N-dealkylation sites (N-methyl/N-ethyl adjacent to an activating group) is 1. The molecule has 1 N–H and O–H groups in total. The predicted octanol–water partition coefficient (Wildman–Crippen LogP) is -0.627. The maximum Gasteiger partial charge on any atom is 0.237 e. The van der Waals surface area contributed by atoms with Gasteiger partial charge in [0, 0.05) is 32.7 Å². The molecule has 0 saturated carbocycles. The van der Waals surface area contributed by atoms with Gasteiger partial charge in [-0.05, 0) is 6.92 Å². The maximum atomic E-state index is 11.8. The molecule has 0 bridgehead atoms. The zero-order valence-corrected chi connectivity index (χ0v) is 9.33. The van der Waals surface area contributed by atoms with E-state index in [1.54, 1.807) is 4.90 Å². The molecular weight excluding hydrogens is 190 g/mol. The first-order valence-electron chi connectivity index (χ1n) is 5.42. The van der Waals surface area contributed by atoms with Gasteiger partial charge in [-0.25, -0.2) is 0 Å². The normalized spacial score (nSPS) is 17.1. The van der Waals surface area contributed by atoms with E-state index in [9.17, 15) is 4.79 Å². The summed E-state index contributed by atoms with van der Waals surface area (Å²) >= 11 is 0. The molecule has 4 nitrogen and oxygen atoms in total.